The number of halogens is 5. The molecule has 0 aliphatic heterocycles. The Bertz CT molecular complexity index is 1130. The van der Waals surface area contributed by atoms with E-state index >= 15 is 0 Å². The second-order valence-corrected chi connectivity index (χ2v) is 6.52. The van der Waals surface area contributed by atoms with E-state index in [1.165, 1.54) is 18.2 Å². The number of primary amides is 1. The molecule has 0 aliphatic rings. The lowest BCUT2D eigenvalue weighted by atomic mass is 10.1. The standard InChI is InChI=1S/C17H10Cl2F3N3O3/c18-8-2-4-11(10(19)6-8)24-14(26)13-9-3-1-7(17(20,21)22)5-12(9)25(15(13)27)16(23)28/h1-6,27H,(H2,23,28)(H,24,26). The lowest BCUT2D eigenvalue weighted by Crippen LogP contribution is -2.19. The molecule has 146 valence electrons. The highest BCUT2D eigenvalue weighted by molar-refractivity contribution is 6.37. The summed E-state index contributed by atoms with van der Waals surface area (Å²) in [5, 5.41) is 13.0. The van der Waals surface area contributed by atoms with Crippen molar-refractivity contribution < 1.29 is 27.9 Å². The maximum atomic E-state index is 13.0. The summed E-state index contributed by atoms with van der Waals surface area (Å²) in [6.07, 6.45) is -4.70. The van der Waals surface area contributed by atoms with Gasteiger partial charge in [0.15, 0.2) is 0 Å². The largest absolute Gasteiger partial charge is 0.494 e. The molecule has 3 aromatic rings. The molecule has 0 unspecified atom stereocenters. The second kappa shape index (κ2) is 6.92. The maximum Gasteiger partial charge on any atom is 0.416 e. The van der Waals surface area contributed by atoms with Crippen LogP contribution in [-0.4, -0.2) is 21.6 Å². The first kappa shape index (κ1) is 19.8. The number of amides is 2. The number of nitrogens with one attached hydrogen (secondary N) is 1. The predicted molar refractivity (Wildman–Crippen MR) is 98.0 cm³/mol. The maximum absolute atomic E-state index is 13.0. The summed E-state index contributed by atoms with van der Waals surface area (Å²) in [4.78, 5) is 24.3. The molecule has 0 atom stereocenters. The third-order valence-corrected chi connectivity index (χ3v) is 4.45. The fourth-order valence-corrected chi connectivity index (χ4v) is 3.13. The number of carbonyl (C=O) groups excluding carboxylic acids is 2. The van der Waals surface area contributed by atoms with Gasteiger partial charge < -0.3 is 16.2 Å². The minimum atomic E-state index is -4.70. The highest BCUT2D eigenvalue weighted by atomic mass is 35.5. The highest BCUT2D eigenvalue weighted by Gasteiger charge is 2.33. The van der Waals surface area contributed by atoms with E-state index in [0.717, 1.165) is 12.1 Å². The Hall–Kier alpha value is -2.91. The average Bonchev–Trinajstić information content (AvgIpc) is 2.87. The number of rotatable bonds is 2. The van der Waals surface area contributed by atoms with E-state index < -0.39 is 35.1 Å². The summed E-state index contributed by atoms with van der Waals surface area (Å²) < 4.78 is 39.4. The monoisotopic (exact) mass is 431 g/mol. The SMILES string of the molecule is NC(=O)n1c(O)c(C(=O)Nc2ccc(Cl)cc2Cl)c2ccc(C(F)(F)F)cc21. The quantitative estimate of drug-likeness (QED) is 0.540. The van der Waals surface area contributed by atoms with Gasteiger partial charge in [-0.2, -0.15) is 13.2 Å². The highest BCUT2D eigenvalue weighted by Crippen LogP contribution is 2.37. The molecule has 11 heteroatoms. The van der Waals surface area contributed by atoms with Gasteiger partial charge in [0.05, 0.1) is 21.8 Å². The molecular formula is C17H10Cl2F3N3O3. The van der Waals surface area contributed by atoms with Crippen LogP contribution in [0.2, 0.25) is 10.0 Å². The van der Waals surface area contributed by atoms with Gasteiger partial charge >= 0.3 is 12.2 Å². The summed E-state index contributed by atoms with van der Waals surface area (Å²) in [6.45, 7) is 0. The van der Waals surface area contributed by atoms with Crippen molar-refractivity contribution in [2.24, 2.45) is 5.73 Å². The molecule has 2 aromatic carbocycles. The number of alkyl halides is 3. The first-order chi connectivity index (χ1) is 13.0. The molecule has 0 spiro atoms. The van der Waals surface area contributed by atoms with Crippen molar-refractivity contribution in [3.8, 4) is 5.88 Å². The van der Waals surface area contributed by atoms with Crippen molar-refractivity contribution in [2.45, 2.75) is 6.18 Å². The third kappa shape index (κ3) is 3.46. The van der Waals surface area contributed by atoms with Crippen molar-refractivity contribution >= 4 is 51.7 Å². The van der Waals surface area contributed by atoms with Crippen LogP contribution in [0.3, 0.4) is 0 Å². The van der Waals surface area contributed by atoms with Crippen LogP contribution in [0.5, 0.6) is 5.88 Å². The van der Waals surface area contributed by atoms with Gasteiger partial charge in [0.2, 0.25) is 5.88 Å². The van der Waals surface area contributed by atoms with Gasteiger partial charge in [-0.15, -0.1) is 0 Å². The Morgan fingerprint density at radius 2 is 1.79 bits per heavy atom. The summed E-state index contributed by atoms with van der Waals surface area (Å²) in [5.41, 5.74) is 3.42. The number of nitrogens with zero attached hydrogens (tertiary/aromatic N) is 1. The van der Waals surface area contributed by atoms with Crippen LogP contribution in [0, 0.1) is 0 Å². The molecular weight excluding hydrogens is 422 g/mol. The smallest absolute Gasteiger partial charge is 0.416 e. The molecule has 6 nitrogen and oxygen atoms in total. The van der Waals surface area contributed by atoms with Crippen LogP contribution in [0.1, 0.15) is 15.9 Å². The van der Waals surface area contributed by atoms with Gasteiger partial charge in [-0.1, -0.05) is 29.3 Å². The Morgan fingerprint density at radius 1 is 1.11 bits per heavy atom. The van der Waals surface area contributed by atoms with Gasteiger partial charge in [-0.25, -0.2) is 9.36 Å². The molecule has 3 rings (SSSR count). The number of benzene rings is 2. The molecule has 4 N–H and O–H groups in total. The minimum absolute atomic E-state index is 0.0957. The molecule has 0 aliphatic carbocycles. The number of nitrogens with two attached hydrogens (primary N) is 1. The van der Waals surface area contributed by atoms with E-state index in [1.807, 2.05) is 0 Å². The van der Waals surface area contributed by atoms with Crippen molar-refractivity contribution in [1.82, 2.24) is 4.57 Å². The van der Waals surface area contributed by atoms with Crippen LogP contribution >= 0.6 is 23.2 Å². The molecule has 0 bridgehead atoms. The average molecular weight is 432 g/mol. The zero-order chi connectivity index (χ0) is 20.8. The lowest BCUT2D eigenvalue weighted by Gasteiger charge is -2.08. The van der Waals surface area contributed by atoms with Gasteiger partial charge in [0, 0.05) is 10.4 Å². The molecule has 28 heavy (non-hydrogen) atoms. The number of aromatic hydroxyl groups is 1. The van der Waals surface area contributed by atoms with Crippen molar-refractivity contribution in [3.05, 3.63) is 57.6 Å². The van der Waals surface area contributed by atoms with E-state index in [-0.39, 0.29) is 21.6 Å². The fourth-order valence-electron chi connectivity index (χ4n) is 2.67. The molecule has 2 amide bonds. The zero-order valence-corrected chi connectivity index (χ0v) is 15.2. The van der Waals surface area contributed by atoms with E-state index in [4.69, 9.17) is 28.9 Å². The van der Waals surface area contributed by atoms with Crippen molar-refractivity contribution in [2.75, 3.05) is 5.32 Å². The Morgan fingerprint density at radius 3 is 2.36 bits per heavy atom. The summed E-state index contributed by atoms with van der Waals surface area (Å²) in [7, 11) is 0. The minimum Gasteiger partial charge on any atom is -0.494 e. The number of hydrogen-bond acceptors (Lipinski definition) is 3. The summed E-state index contributed by atoms with van der Waals surface area (Å²) in [5.74, 6) is -1.81. The van der Waals surface area contributed by atoms with E-state index in [1.54, 1.807) is 0 Å². The number of aromatic nitrogens is 1. The molecule has 0 saturated carbocycles. The van der Waals surface area contributed by atoms with Gasteiger partial charge in [-0.3, -0.25) is 4.79 Å². The predicted octanol–water partition coefficient (Wildman–Crippen LogP) is 4.85. The van der Waals surface area contributed by atoms with Gasteiger partial charge in [0.1, 0.15) is 5.56 Å². The summed E-state index contributed by atoms with van der Waals surface area (Å²) in [6, 6.07) is 5.26. The van der Waals surface area contributed by atoms with Gasteiger partial charge in [0.25, 0.3) is 5.91 Å². The number of hydrogen-bond donors (Lipinski definition) is 3. The third-order valence-electron chi connectivity index (χ3n) is 3.90. The van der Waals surface area contributed by atoms with E-state index in [2.05, 4.69) is 5.32 Å². The lowest BCUT2D eigenvalue weighted by molar-refractivity contribution is -0.137. The van der Waals surface area contributed by atoms with Gasteiger partial charge in [-0.05, 0) is 30.3 Å². The normalized spacial score (nSPS) is 11.6. The molecule has 1 heterocycles. The van der Waals surface area contributed by atoms with E-state index in [9.17, 15) is 27.9 Å². The Labute approximate surface area is 165 Å². The zero-order valence-electron chi connectivity index (χ0n) is 13.6. The Balaban J connectivity index is 2.16. The first-order valence-electron chi connectivity index (χ1n) is 7.51. The summed E-state index contributed by atoms with van der Waals surface area (Å²) >= 11 is 11.8. The first-order valence-corrected chi connectivity index (χ1v) is 8.27. The Kier molecular flexibility index (Phi) is 4.90. The number of anilines is 1. The number of fused-ring (bicyclic) bond motifs is 1. The topological polar surface area (TPSA) is 97.3 Å². The molecule has 1 aromatic heterocycles. The van der Waals surface area contributed by atoms with Crippen LogP contribution in [-0.2, 0) is 6.18 Å². The van der Waals surface area contributed by atoms with Crippen LogP contribution in [0.15, 0.2) is 36.4 Å². The molecule has 0 radical (unpaired) electrons. The van der Waals surface area contributed by atoms with Crippen LogP contribution in [0.4, 0.5) is 23.7 Å². The van der Waals surface area contributed by atoms with E-state index in [0.29, 0.717) is 15.7 Å². The van der Waals surface area contributed by atoms with Crippen molar-refractivity contribution in [3.63, 3.8) is 0 Å². The molecule has 0 saturated heterocycles. The van der Waals surface area contributed by atoms with Crippen LogP contribution in [0.25, 0.3) is 10.9 Å². The molecule has 0 fully saturated rings. The number of carbonyl (C=O) groups is 2. The van der Waals surface area contributed by atoms with Crippen molar-refractivity contribution in [1.29, 1.82) is 0 Å². The second-order valence-electron chi connectivity index (χ2n) is 5.68. The van der Waals surface area contributed by atoms with Crippen LogP contribution < -0.4 is 11.1 Å². The fraction of sp³-hybridized carbons (Fsp3) is 0.0588.